The van der Waals surface area contributed by atoms with Gasteiger partial charge in [-0.1, -0.05) is 11.6 Å². The first-order valence-corrected chi connectivity index (χ1v) is 6.53. The topological polar surface area (TPSA) is 67.1 Å². The van der Waals surface area contributed by atoms with Gasteiger partial charge in [-0.05, 0) is 44.5 Å². The van der Waals surface area contributed by atoms with Crippen molar-refractivity contribution < 1.29 is 4.79 Å². The molecular formula is C13H18ClN3O. The van der Waals surface area contributed by atoms with Crippen LogP contribution < -0.4 is 16.4 Å². The zero-order valence-corrected chi connectivity index (χ0v) is 11.1. The van der Waals surface area contributed by atoms with Crippen molar-refractivity contribution in [2.24, 2.45) is 5.73 Å². The lowest BCUT2D eigenvalue weighted by Gasteiger charge is -2.30. The SMILES string of the molecule is CC1CC(Nc2ccc(Cl)cc2C(N)=O)CCN1. The fraction of sp³-hybridized carbons (Fsp3) is 0.462. The Bertz CT molecular complexity index is 450. The number of anilines is 1. The predicted molar refractivity (Wildman–Crippen MR) is 74.1 cm³/mol. The van der Waals surface area contributed by atoms with Gasteiger partial charge in [0.05, 0.1) is 5.56 Å². The molecule has 2 unspecified atom stereocenters. The summed E-state index contributed by atoms with van der Waals surface area (Å²) >= 11 is 5.88. The molecule has 1 aromatic rings. The highest BCUT2D eigenvalue weighted by atomic mass is 35.5. The lowest BCUT2D eigenvalue weighted by atomic mass is 10.00. The molecule has 0 aliphatic carbocycles. The van der Waals surface area contributed by atoms with E-state index in [1.807, 2.05) is 6.07 Å². The second kappa shape index (κ2) is 5.59. The summed E-state index contributed by atoms with van der Waals surface area (Å²) in [5, 5.41) is 7.30. The molecule has 1 aliphatic rings. The molecule has 1 heterocycles. The van der Waals surface area contributed by atoms with Crippen molar-refractivity contribution in [1.29, 1.82) is 0 Å². The fourth-order valence-corrected chi connectivity index (χ4v) is 2.50. The highest BCUT2D eigenvalue weighted by Gasteiger charge is 2.19. The minimum atomic E-state index is -0.456. The maximum absolute atomic E-state index is 11.4. The van der Waals surface area contributed by atoms with Gasteiger partial charge < -0.3 is 16.4 Å². The minimum Gasteiger partial charge on any atom is -0.382 e. The predicted octanol–water partition coefficient (Wildman–Crippen LogP) is 1.99. The zero-order chi connectivity index (χ0) is 13.1. The van der Waals surface area contributed by atoms with Gasteiger partial charge in [0, 0.05) is 22.8 Å². The van der Waals surface area contributed by atoms with Gasteiger partial charge in [-0.2, -0.15) is 0 Å². The number of piperidine rings is 1. The van der Waals surface area contributed by atoms with Crippen LogP contribution in [0.4, 0.5) is 5.69 Å². The number of benzene rings is 1. The Hall–Kier alpha value is -1.26. The Kier molecular flexibility index (Phi) is 4.09. The zero-order valence-electron chi connectivity index (χ0n) is 10.4. The maximum atomic E-state index is 11.4. The van der Waals surface area contributed by atoms with Crippen LogP contribution in [0.25, 0.3) is 0 Å². The van der Waals surface area contributed by atoms with Crippen LogP contribution in [0.5, 0.6) is 0 Å². The summed E-state index contributed by atoms with van der Waals surface area (Å²) in [6, 6.07) is 6.04. The van der Waals surface area contributed by atoms with E-state index in [9.17, 15) is 4.79 Å². The lowest BCUT2D eigenvalue weighted by Crippen LogP contribution is -2.41. The van der Waals surface area contributed by atoms with Crippen LogP contribution >= 0.6 is 11.6 Å². The van der Waals surface area contributed by atoms with Gasteiger partial charge in [0.1, 0.15) is 0 Å². The molecule has 4 N–H and O–H groups in total. The van der Waals surface area contributed by atoms with Crippen molar-refractivity contribution in [3.8, 4) is 0 Å². The maximum Gasteiger partial charge on any atom is 0.250 e. The Morgan fingerprint density at radius 2 is 2.33 bits per heavy atom. The summed E-state index contributed by atoms with van der Waals surface area (Å²) in [5.41, 5.74) is 6.59. The van der Waals surface area contributed by atoms with Gasteiger partial charge in [0.2, 0.25) is 0 Å². The molecule has 1 fully saturated rings. The number of hydrogen-bond acceptors (Lipinski definition) is 3. The number of carbonyl (C=O) groups excluding carboxylic acids is 1. The van der Waals surface area contributed by atoms with E-state index >= 15 is 0 Å². The monoisotopic (exact) mass is 267 g/mol. The number of amides is 1. The van der Waals surface area contributed by atoms with E-state index in [0.717, 1.165) is 25.1 Å². The molecule has 0 radical (unpaired) electrons. The lowest BCUT2D eigenvalue weighted by molar-refractivity contribution is 0.100. The number of nitrogens with two attached hydrogens (primary N) is 1. The third kappa shape index (κ3) is 3.15. The number of carbonyl (C=O) groups is 1. The van der Waals surface area contributed by atoms with Crippen LogP contribution in [0.2, 0.25) is 5.02 Å². The molecule has 2 rings (SSSR count). The van der Waals surface area contributed by atoms with Crippen LogP contribution in [-0.2, 0) is 0 Å². The molecule has 0 spiro atoms. The van der Waals surface area contributed by atoms with Gasteiger partial charge in [-0.15, -0.1) is 0 Å². The first-order valence-electron chi connectivity index (χ1n) is 6.15. The third-order valence-corrected chi connectivity index (χ3v) is 3.47. The first-order chi connectivity index (χ1) is 8.56. The Morgan fingerprint density at radius 1 is 1.56 bits per heavy atom. The molecule has 1 aliphatic heterocycles. The minimum absolute atomic E-state index is 0.362. The summed E-state index contributed by atoms with van der Waals surface area (Å²) in [7, 11) is 0. The Labute approximate surface area is 112 Å². The standard InChI is InChI=1S/C13H18ClN3O/c1-8-6-10(4-5-16-8)17-12-3-2-9(14)7-11(12)13(15)18/h2-3,7-8,10,16-17H,4-6H2,1H3,(H2,15,18). The molecule has 0 saturated carbocycles. The Balaban J connectivity index is 2.15. The van der Waals surface area contributed by atoms with Crippen LogP contribution in [0.15, 0.2) is 18.2 Å². The molecular weight excluding hydrogens is 250 g/mol. The van der Waals surface area contributed by atoms with Crippen molar-refractivity contribution in [3.05, 3.63) is 28.8 Å². The van der Waals surface area contributed by atoms with Gasteiger partial charge in [0.25, 0.3) is 5.91 Å². The van der Waals surface area contributed by atoms with Gasteiger partial charge in [-0.3, -0.25) is 4.79 Å². The van der Waals surface area contributed by atoms with Crippen molar-refractivity contribution in [3.63, 3.8) is 0 Å². The summed E-state index contributed by atoms with van der Waals surface area (Å²) < 4.78 is 0. The molecule has 5 heteroatoms. The number of rotatable bonds is 3. The average molecular weight is 268 g/mol. The molecule has 2 atom stereocenters. The molecule has 0 bridgehead atoms. The summed E-state index contributed by atoms with van der Waals surface area (Å²) in [6.45, 7) is 3.14. The highest BCUT2D eigenvalue weighted by molar-refractivity contribution is 6.31. The van der Waals surface area contributed by atoms with Crippen molar-refractivity contribution in [2.75, 3.05) is 11.9 Å². The van der Waals surface area contributed by atoms with Gasteiger partial charge >= 0.3 is 0 Å². The van der Waals surface area contributed by atoms with Crippen LogP contribution in [-0.4, -0.2) is 24.5 Å². The molecule has 1 aromatic carbocycles. The number of nitrogens with one attached hydrogen (secondary N) is 2. The quantitative estimate of drug-likeness (QED) is 0.785. The summed E-state index contributed by atoms with van der Waals surface area (Å²) in [4.78, 5) is 11.4. The van der Waals surface area contributed by atoms with E-state index in [0.29, 0.717) is 22.7 Å². The van der Waals surface area contributed by atoms with Gasteiger partial charge in [0.15, 0.2) is 0 Å². The van der Waals surface area contributed by atoms with Crippen LogP contribution in [0, 0.1) is 0 Å². The molecule has 1 saturated heterocycles. The number of primary amides is 1. The third-order valence-electron chi connectivity index (χ3n) is 3.23. The fourth-order valence-electron chi connectivity index (χ4n) is 2.33. The second-order valence-electron chi connectivity index (χ2n) is 4.77. The smallest absolute Gasteiger partial charge is 0.250 e. The highest BCUT2D eigenvalue weighted by Crippen LogP contribution is 2.23. The molecule has 1 amide bonds. The number of halogens is 1. The second-order valence-corrected chi connectivity index (χ2v) is 5.21. The van der Waals surface area contributed by atoms with E-state index in [4.69, 9.17) is 17.3 Å². The summed E-state index contributed by atoms with van der Waals surface area (Å²) in [5.74, 6) is -0.456. The van der Waals surface area contributed by atoms with Crippen molar-refractivity contribution >= 4 is 23.2 Å². The van der Waals surface area contributed by atoms with Crippen LogP contribution in [0.1, 0.15) is 30.1 Å². The normalized spacial score (nSPS) is 23.7. The van der Waals surface area contributed by atoms with E-state index < -0.39 is 5.91 Å². The molecule has 18 heavy (non-hydrogen) atoms. The largest absolute Gasteiger partial charge is 0.382 e. The van der Waals surface area contributed by atoms with Gasteiger partial charge in [-0.25, -0.2) is 0 Å². The Morgan fingerprint density at radius 3 is 3.00 bits per heavy atom. The first kappa shape index (κ1) is 13.2. The van der Waals surface area contributed by atoms with E-state index in [2.05, 4.69) is 17.6 Å². The molecule has 4 nitrogen and oxygen atoms in total. The average Bonchev–Trinajstić information content (AvgIpc) is 2.31. The van der Waals surface area contributed by atoms with Crippen molar-refractivity contribution in [2.45, 2.75) is 31.8 Å². The summed E-state index contributed by atoms with van der Waals surface area (Å²) in [6.07, 6.45) is 2.06. The van der Waals surface area contributed by atoms with E-state index in [1.165, 1.54) is 0 Å². The van der Waals surface area contributed by atoms with Crippen LogP contribution in [0.3, 0.4) is 0 Å². The van der Waals surface area contributed by atoms with E-state index in [1.54, 1.807) is 12.1 Å². The van der Waals surface area contributed by atoms with Crippen molar-refractivity contribution in [1.82, 2.24) is 5.32 Å². The van der Waals surface area contributed by atoms with E-state index in [-0.39, 0.29) is 0 Å². The molecule has 0 aromatic heterocycles. The number of hydrogen-bond donors (Lipinski definition) is 3. The molecule has 98 valence electrons.